The molecule has 2 heteroatoms. The maximum atomic E-state index is 3.44. The van der Waals surface area contributed by atoms with Crippen molar-refractivity contribution in [3.63, 3.8) is 0 Å². The zero-order chi connectivity index (χ0) is 13.9. The van der Waals surface area contributed by atoms with Crippen molar-refractivity contribution >= 4 is 0 Å². The Balaban J connectivity index is 2.23. The molecule has 0 atom stereocenters. The van der Waals surface area contributed by atoms with Crippen LogP contribution in [0.15, 0.2) is 24.3 Å². The highest BCUT2D eigenvalue weighted by Crippen LogP contribution is 2.40. The van der Waals surface area contributed by atoms with Crippen LogP contribution in [0.5, 0.6) is 0 Å². The second-order valence-electron chi connectivity index (χ2n) is 6.45. The highest BCUT2D eigenvalue weighted by atomic mass is 15.1. The largest absolute Gasteiger partial charge is 0.317 e. The van der Waals surface area contributed by atoms with Gasteiger partial charge in [-0.25, -0.2) is 0 Å². The molecule has 0 bridgehead atoms. The van der Waals surface area contributed by atoms with E-state index in [2.05, 4.69) is 62.5 Å². The van der Waals surface area contributed by atoms with E-state index < -0.39 is 0 Å². The summed E-state index contributed by atoms with van der Waals surface area (Å²) in [6.07, 6.45) is 5.16. The minimum absolute atomic E-state index is 0.352. The monoisotopic (exact) mass is 260 g/mol. The molecule has 106 valence electrons. The predicted octanol–water partition coefficient (Wildman–Crippen LogP) is 2.96. The minimum Gasteiger partial charge on any atom is -0.317 e. The van der Waals surface area contributed by atoms with Gasteiger partial charge in [-0.1, -0.05) is 29.8 Å². The topological polar surface area (TPSA) is 15.3 Å². The Morgan fingerprint density at radius 1 is 1.16 bits per heavy atom. The van der Waals surface area contributed by atoms with E-state index in [0.717, 1.165) is 6.54 Å². The van der Waals surface area contributed by atoms with E-state index >= 15 is 0 Å². The van der Waals surface area contributed by atoms with Crippen LogP contribution in [-0.2, 0) is 5.41 Å². The fourth-order valence-corrected chi connectivity index (χ4v) is 3.51. The molecule has 1 aliphatic rings. The second kappa shape index (κ2) is 6.06. The van der Waals surface area contributed by atoms with E-state index in [0.29, 0.717) is 11.5 Å². The molecular weight excluding hydrogens is 232 g/mol. The lowest BCUT2D eigenvalue weighted by Crippen LogP contribution is -2.44. The first-order valence-electron chi connectivity index (χ1n) is 7.45. The van der Waals surface area contributed by atoms with Crippen LogP contribution in [0.2, 0.25) is 0 Å². The number of aryl methyl sites for hydroxylation is 1. The average molecular weight is 260 g/mol. The highest BCUT2D eigenvalue weighted by Gasteiger charge is 2.36. The normalized spacial score (nSPS) is 27.7. The van der Waals surface area contributed by atoms with Crippen molar-refractivity contribution in [2.45, 2.75) is 44.1 Å². The van der Waals surface area contributed by atoms with Crippen LogP contribution >= 0.6 is 0 Å². The number of benzene rings is 1. The Morgan fingerprint density at radius 2 is 1.74 bits per heavy atom. The number of likely N-dealkylation sites (N-methyl/N-ethyl adjacent to an activating group) is 1. The summed E-state index contributed by atoms with van der Waals surface area (Å²) in [6, 6.07) is 9.92. The van der Waals surface area contributed by atoms with Crippen molar-refractivity contribution in [2.24, 2.45) is 0 Å². The van der Waals surface area contributed by atoms with Crippen LogP contribution in [0.25, 0.3) is 0 Å². The van der Waals surface area contributed by atoms with Gasteiger partial charge in [-0.2, -0.15) is 0 Å². The first-order valence-corrected chi connectivity index (χ1v) is 7.45. The van der Waals surface area contributed by atoms with Gasteiger partial charge >= 0.3 is 0 Å². The van der Waals surface area contributed by atoms with Crippen LogP contribution in [-0.4, -0.2) is 38.6 Å². The number of hydrogen-bond donors (Lipinski definition) is 1. The maximum Gasteiger partial charge on any atom is 0.00812 e. The summed E-state index contributed by atoms with van der Waals surface area (Å²) in [6.45, 7) is 3.33. The van der Waals surface area contributed by atoms with E-state index in [9.17, 15) is 0 Å². The second-order valence-corrected chi connectivity index (χ2v) is 6.45. The standard InChI is InChI=1S/C17H28N2/c1-14-5-7-15(8-6-14)17(13-19(3)4)11-9-16(18-2)10-12-17/h5-8,16,18H,9-13H2,1-4H3. The third-order valence-electron chi connectivity index (χ3n) is 4.63. The van der Waals surface area contributed by atoms with Crippen LogP contribution in [0, 0.1) is 6.92 Å². The zero-order valence-corrected chi connectivity index (χ0v) is 12.9. The van der Waals surface area contributed by atoms with Crippen molar-refractivity contribution < 1.29 is 0 Å². The Hall–Kier alpha value is -0.860. The van der Waals surface area contributed by atoms with Crippen molar-refractivity contribution in [1.29, 1.82) is 0 Å². The van der Waals surface area contributed by atoms with Gasteiger partial charge < -0.3 is 10.2 Å². The molecule has 0 saturated heterocycles. The number of nitrogens with one attached hydrogen (secondary N) is 1. The summed E-state index contributed by atoms with van der Waals surface area (Å²) < 4.78 is 0. The highest BCUT2D eigenvalue weighted by molar-refractivity contribution is 5.30. The van der Waals surface area contributed by atoms with E-state index in [1.165, 1.54) is 36.8 Å². The molecule has 1 N–H and O–H groups in total. The summed E-state index contributed by atoms with van der Waals surface area (Å²) in [5, 5.41) is 3.44. The summed E-state index contributed by atoms with van der Waals surface area (Å²) >= 11 is 0. The van der Waals surface area contributed by atoms with Gasteiger partial charge in [0.05, 0.1) is 0 Å². The van der Waals surface area contributed by atoms with Crippen LogP contribution in [0.4, 0.5) is 0 Å². The fourth-order valence-electron chi connectivity index (χ4n) is 3.51. The number of rotatable bonds is 4. The lowest BCUT2D eigenvalue weighted by Gasteiger charge is -2.42. The van der Waals surface area contributed by atoms with E-state index in [1.807, 2.05) is 0 Å². The average Bonchev–Trinajstić information content (AvgIpc) is 2.39. The summed E-state index contributed by atoms with van der Waals surface area (Å²) in [5.74, 6) is 0. The van der Waals surface area contributed by atoms with Gasteiger partial charge in [0.15, 0.2) is 0 Å². The van der Waals surface area contributed by atoms with Crippen molar-refractivity contribution in [3.05, 3.63) is 35.4 Å². The third kappa shape index (κ3) is 3.37. The molecule has 2 rings (SSSR count). The molecule has 1 saturated carbocycles. The molecule has 0 unspecified atom stereocenters. The fraction of sp³-hybridized carbons (Fsp3) is 0.647. The van der Waals surface area contributed by atoms with Gasteiger partial charge in [-0.05, 0) is 59.3 Å². The van der Waals surface area contributed by atoms with Gasteiger partial charge in [0.2, 0.25) is 0 Å². The number of nitrogens with zero attached hydrogens (tertiary/aromatic N) is 1. The smallest absolute Gasteiger partial charge is 0.00812 e. The Bertz CT molecular complexity index is 386. The molecule has 0 aromatic heterocycles. The third-order valence-corrected chi connectivity index (χ3v) is 4.63. The maximum absolute atomic E-state index is 3.44. The summed E-state index contributed by atoms with van der Waals surface area (Å²) in [7, 11) is 6.48. The molecule has 1 aromatic rings. The minimum atomic E-state index is 0.352. The van der Waals surface area contributed by atoms with E-state index in [-0.39, 0.29) is 0 Å². The molecule has 0 radical (unpaired) electrons. The van der Waals surface area contributed by atoms with Gasteiger partial charge in [0.1, 0.15) is 0 Å². The van der Waals surface area contributed by atoms with Crippen molar-refractivity contribution in [2.75, 3.05) is 27.7 Å². The van der Waals surface area contributed by atoms with Crippen LogP contribution in [0.1, 0.15) is 36.8 Å². The zero-order valence-electron chi connectivity index (χ0n) is 12.9. The summed E-state index contributed by atoms with van der Waals surface area (Å²) in [4.78, 5) is 2.35. The molecule has 1 aliphatic carbocycles. The molecule has 19 heavy (non-hydrogen) atoms. The number of hydrogen-bond acceptors (Lipinski definition) is 2. The van der Waals surface area contributed by atoms with Gasteiger partial charge in [0, 0.05) is 18.0 Å². The quantitative estimate of drug-likeness (QED) is 0.895. The Labute approximate surface area is 118 Å². The molecule has 0 amide bonds. The lowest BCUT2D eigenvalue weighted by molar-refractivity contribution is 0.195. The Kier molecular flexibility index (Phi) is 4.64. The molecular formula is C17H28N2. The van der Waals surface area contributed by atoms with Gasteiger partial charge in [-0.3, -0.25) is 0 Å². The molecule has 0 spiro atoms. The lowest BCUT2D eigenvalue weighted by atomic mass is 9.68. The predicted molar refractivity (Wildman–Crippen MR) is 82.7 cm³/mol. The molecule has 2 nitrogen and oxygen atoms in total. The Morgan fingerprint density at radius 3 is 2.21 bits per heavy atom. The van der Waals surface area contributed by atoms with Crippen molar-refractivity contribution in [1.82, 2.24) is 10.2 Å². The summed E-state index contributed by atoms with van der Waals surface area (Å²) in [5.41, 5.74) is 3.24. The van der Waals surface area contributed by atoms with E-state index in [4.69, 9.17) is 0 Å². The van der Waals surface area contributed by atoms with Gasteiger partial charge in [-0.15, -0.1) is 0 Å². The molecule has 0 heterocycles. The molecule has 0 aliphatic heterocycles. The van der Waals surface area contributed by atoms with E-state index in [1.54, 1.807) is 0 Å². The van der Waals surface area contributed by atoms with Crippen molar-refractivity contribution in [3.8, 4) is 0 Å². The molecule has 1 aromatic carbocycles. The SMILES string of the molecule is CNC1CCC(CN(C)C)(c2ccc(C)cc2)CC1. The first kappa shape index (κ1) is 14.5. The molecule has 1 fully saturated rings. The van der Waals surface area contributed by atoms with Crippen LogP contribution in [0.3, 0.4) is 0 Å². The first-order chi connectivity index (χ1) is 9.05. The van der Waals surface area contributed by atoms with Crippen LogP contribution < -0.4 is 5.32 Å². The van der Waals surface area contributed by atoms with Gasteiger partial charge in [0.25, 0.3) is 0 Å².